The van der Waals surface area contributed by atoms with Crippen molar-refractivity contribution in [1.82, 2.24) is 0 Å². The van der Waals surface area contributed by atoms with Crippen LogP contribution in [0, 0.1) is 0 Å². The number of carbonyl (C=O) groups is 2. The van der Waals surface area contributed by atoms with Crippen molar-refractivity contribution >= 4 is 22.8 Å². The Morgan fingerprint density at radius 3 is 2.48 bits per heavy atom. The largest absolute Gasteiger partial charge is 0.506 e. The fourth-order valence-electron chi connectivity index (χ4n) is 4.49. The van der Waals surface area contributed by atoms with E-state index >= 15 is 0 Å². The van der Waals surface area contributed by atoms with Gasteiger partial charge in [0.2, 0.25) is 5.78 Å². The van der Waals surface area contributed by atoms with Crippen molar-refractivity contribution in [2.45, 2.75) is 52.4 Å². The summed E-state index contributed by atoms with van der Waals surface area (Å²) >= 11 is 0. The first-order chi connectivity index (χ1) is 16.0. The van der Waals surface area contributed by atoms with Gasteiger partial charge in [0.1, 0.15) is 5.76 Å². The fourth-order valence-corrected chi connectivity index (χ4v) is 4.49. The molecule has 0 saturated heterocycles. The number of rotatable bonds is 8. The molecule has 0 atom stereocenters. The lowest BCUT2D eigenvalue weighted by molar-refractivity contribution is -0.115. The summed E-state index contributed by atoms with van der Waals surface area (Å²) in [5.74, 6) is -0.639. The van der Waals surface area contributed by atoms with Crippen molar-refractivity contribution in [3.63, 3.8) is 0 Å². The molecule has 1 N–H and O–H groups in total. The van der Waals surface area contributed by atoms with Crippen LogP contribution in [0.5, 0.6) is 0 Å². The van der Waals surface area contributed by atoms with Gasteiger partial charge in [-0.15, -0.1) is 0 Å². The lowest BCUT2D eigenvalue weighted by Gasteiger charge is -2.28. The monoisotopic (exact) mass is 441 g/mol. The molecule has 0 fully saturated rings. The predicted molar refractivity (Wildman–Crippen MR) is 134 cm³/mol. The van der Waals surface area contributed by atoms with Crippen molar-refractivity contribution in [2.24, 2.45) is 0 Å². The summed E-state index contributed by atoms with van der Waals surface area (Å²) in [5, 5.41) is 10.6. The maximum atomic E-state index is 12.8. The number of fused-ring (bicyclic) bond motifs is 1. The Labute approximate surface area is 196 Å². The van der Waals surface area contributed by atoms with Crippen molar-refractivity contribution in [3.05, 3.63) is 94.5 Å². The molecule has 1 heterocycles. The molecule has 0 bridgehead atoms. The number of aliphatic hydroxyl groups excluding tert-OH is 1. The van der Waals surface area contributed by atoms with Gasteiger partial charge in [-0.2, -0.15) is 0 Å². The van der Waals surface area contributed by atoms with E-state index in [0.29, 0.717) is 0 Å². The standard InChI is InChI=1S/C29H31NO3/c1-3-4-5-6-7-10-16-30-17-15-21(22-11-8-9-12-25(22)30)19-24-28(32)27(29(24)33)23-14-13-20(2)18-26(23)31/h8-9,11-15,17-19,32H,3-7,10,16H2,1-2H3. The molecule has 0 unspecified atom stereocenters. The number of hydrogen-bond donors (Lipinski definition) is 1. The number of nitrogens with zero attached hydrogens (tertiary/aromatic N) is 1. The third-order valence-electron chi connectivity index (χ3n) is 6.38. The average molecular weight is 442 g/mol. The first-order valence-corrected chi connectivity index (χ1v) is 11.9. The molecule has 1 aromatic rings. The van der Waals surface area contributed by atoms with Gasteiger partial charge >= 0.3 is 0 Å². The van der Waals surface area contributed by atoms with E-state index in [1.54, 1.807) is 18.2 Å². The molecule has 0 spiro atoms. The maximum Gasteiger partial charge on any atom is 0.201 e. The minimum atomic E-state index is -0.290. The number of benzene rings is 1. The first kappa shape index (κ1) is 22.8. The van der Waals surface area contributed by atoms with Crippen LogP contribution in [0.1, 0.15) is 57.9 Å². The zero-order valence-electron chi connectivity index (χ0n) is 19.4. The lowest BCUT2D eigenvalue weighted by Crippen LogP contribution is -2.25. The predicted octanol–water partition coefficient (Wildman–Crippen LogP) is 6.54. The number of Topliss-reactive ketones (excluding diaryl/α,β-unsaturated/α-hetero) is 1. The van der Waals surface area contributed by atoms with E-state index in [9.17, 15) is 14.7 Å². The Kier molecular flexibility index (Phi) is 6.93. The van der Waals surface area contributed by atoms with Crippen LogP contribution in [0.2, 0.25) is 0 Å². The van der Waals surface area contributed by atoms with Crippen molar-refractivity contribution < 1.29 is 14.7 Å². The van der Waals surface area contributed by atoms with Crippen LogP contribution in [0.15, 0.2) is 88.9 Å². The van der Waals surface area contributed by atoms with Crippen molar-refractivity contribution in [1.29, 1.82) is 0 Å². The van der Waals surface area contributed by atoms with E-state index < -0.39 is 0 Å². The summed E-state index contributed by atoms with van der Waals surface area (Å²) in [5.41, 5.74) is 4.48. The second-order valence-corrected chi connectivity index (χ2v) is 8.86. The van der Waals surface area contributed by atoms with Gasteiger partial charge in [0, 0.05) is 29.6 Å². The van der Waals surface area contributed by atoms with Crippen LogP contribution in [-0.2, 0) is 9.59 Å². The molecule has 170 valence electrons. The van der Waals surface area contributed by atoms with Gasteiger partial charge in [-0.25, -0.2) is 0 Å². The fraction of sp³-hybridized carbons (Fsp3) is 0.310. The minimum Gasteiger partial charge on any atom is -0.506 e. The summed E-state index contributed by atoms with van der Waals surface area (Å²) in [4.78, 5) is 27.4. The molecular formula is C29H31NO3. The van der Waals surface area contributed by atoms with Crippen LogP contribution in [0.4, 0.5) is 5.69 Å². The summed E-state index contributed by atoms with van der Waals surface area (Å²) in [7, 11) is 0. The minimum absolute atomic E-state index is 0.103. The summed E-state index contributed by atoms with van der Waals surface area (Å²) in [6.45, 7) is 5.01. The summed E-state index contributed by atoms with van der Waals surface area (Å²) in [6.07, 6.45) is 18.2. The number of para-hydroxylation sites is 1. The SMILES string of the molecule is CCCCCCCCN1C=CC(=CC2=C(O)C(=C3C=CC(C)=CC3=O)C2=O)c2ccccc21. The van der Waals surface area contributed by atoms with Crippen molar-refractivity contribution in [3.8, 4) is 0 Å². The Balaban J connectivity index is 1.54. The van der Waals surface area contributed by atoms with Crippen LogP contribution in [0.3, 0.4) is 0 Å². The molecule has 0 amide bonds. The molecule has 2 aliphatic carbocycles. The molecule has 4 nitrogen and oxygen atoms in total. The zero-order chi connectivity index (χ0) is 23.4. The molecule has 0 saturated carbocycles. The quantitative estimate of drug-likeness (QED) is 0.367. The van der Waals surface area contributed by atoms with Crippen LogP contribution >= 0.6 is 0 Å². The van der Waals surface area contributed by atoms with Crippen LogP contribution < -0.4 is 4.90 Å². The Hall–Kier alpha value is -3.40. The van der Waals surface area contributed by atoms with Gasteiger partial charge in [-0.05, 0) is 54.9 Å². The van der Waals surface area contributed by atoms with E-state index in [-0.39, 0.29) is 34.0 Å². The van der Waals surface area contributed by atoms with E-state index in [4.69, 9.17) is 0 Å². The molecule has 1 aliphatic heterocycles. The van der Waals surface area contributed by atoms with E-state index in [0.717, 1.165) is 35.4 Å². The Morgan fingerprint density at radius 1 is 0.970 bits per heavy atom. The highest BCUT2D eigenvalue weighted by atomic mass is 16.3. The van der Waals surface area contributed by atoms with E-state index in [1.807, 2.05) is 31.2 Å². The third-order valence-corrected chi connectivity index (χ3v) is 6.38. The van der Waals surface area contributed by atoms with Gasteiger partial charge in [0.25, 0.3) is 0 Å². The molecule has 1 aromatic carbocycles. The van der Waals surface area contributed by atoms with Crippen LogP contribution in [-0.4, -0.2) is 23.2 Å². The Bertz CT molecular complexity index is 1160. The van der Waals surface area contributed by atoms with Gasteiger partial charge in [-0.3, -0.25) is 9.59 Å². The number of allylic oxidation sites excluding steroid dienone is 10. The van der Waals surface area contributed by atoms with Gasteiger partial charge in [0.05, 0.1) is 11.1 Å². The second kappa shape index (κ2) is 10.0. The highest BCUT2D eigenvalue weighted by molar-refractivity contribution is 6.27. The zero-order valence-corrected chi connectivity index (χ0v) is 19.4. The molecule has 3 aliphatic rings. The first-order valence-electron chi connectivity index (χ1n) is 11.9. The molecular weight excluding hydrogens is 410 g/mol. The highest BCUT2D eigenvalue weighted by Crippen LogP contribution is 2.38. The molecule has 0 aromatic heterocycles. The number of aliphatic hydroxyl groups is 1. The molecule has 4 heteroatoms. The number of hydrogen-bond acceptors (Lipinski definition) is 4. The normalized spacial score (nSPS) is 21.0. The van der Waals surface area contributed by atoms with Gasteiger partial charge < -0.3 is 10.0 Å². The third kappa shape index (κ3) is 4.70. The van der Waals surface area contributed by atoms with Gasteiger partial charge in [0.15, 0.2) is 5.78 Å². The summed E-state index contributed by atoms with van der Waals surface area (Å²) < 4.78 is 0. The number of ketones is 2. The second-order valence-electron chi connectivity index (χ2n) is 8.86. The maximum absolute atomic E-state index is 12.8. The van der Waals surface area contributed by atoms with Crippen LogP contribution in [0.25, 0.3) is 5.57 Å². The van der Waals surface area contributed by atoms with Crippen molar-refractivity contribution in [2.75, 3.05) is 11.4 Å². The smallest absolute Gasteiger partial charge is 0.201 e. The number of carbonyl (C=O) groups excluding carboxylic acids is 2. The topological polar surface area (TPSA) is 57.6 Å². The summed E-state index contributed by atoms with van der Waals surface area (Å²) in [6, 6.07) is 8.14. The average Bonchev–Trinajstić information content (AvgIpc) is 2.82. The lowest BCUT2D eigenvalue weighted by atomic mass is 9.80. The number of anilines is 1. The van der Waals surface area contributed by atoms with E-state index in [2.05, 4.69) is 24.1 Å². The molecule has 4 rings (SSSR count). The highest BCUT2D eigenvalue weighted by Gasteiger charge is 2.36. The molecule has 0 radical (unpaired) electrons. The number of unbranched alkanes of at least 4 members (excludes halogenated alkanes) is 5. The molecule has 33 heavy (non-hydrogen) atoms. The van der Waals surface area contributed by atoms with E-state index in [1.165, 1.54) is 38.2 Å². The Morgan fingerprint density at radius 2 is 1.73 bits per heavy atom. The van der Waals surface area contributed by atoms with Gasteiger partial charge in [-0.1, -0.05) is 63.3 Å².